The van der Waals surface area contributed by atoms with E-state index in [0.717, 1.165) is 0 Å². The lowest BCUT2D eigenvalue weighted by Crippen LogP contribution is -2.37. The van der Waals surface area contributed by atoms with E-state index in [1.165, 1.54) is 16.4 Å². The molecule has 1 atom stereocenters. The number of nitriles is 1. The number of benzene rings is 2. The first-order chi connectivity index (χ1) is 10.6. The molecule has 22 heavy (non-hydrogen) atoms. The van der Waals surface area contributed by atoms with Gasteiger partial charge in [0.2, 0.25) is 0 Å². The number of anilines is 1. The van der Waals surface area contributed by atoms with Crippen molar-refractivity contribution in [3.8, 4) is 6.07 Å². The molecule has 0 spiro atoms. The van der Waals surface area contributed by atoms with E-state index in [1.807, 2.05) is 6.07 Å². The maximum atomic E-state index is 12.9. The van der Waals surface area contributed by atoms with Gasteiger partial charge >= 0.3 is 0 Å². The molecule has 1 heterocycles. The van der Waals surface area contributed by atoms with Crippen LogP contribution < -0.4 is 4.31 Å². The second-order valence-corrected chi connectivity index (χ2v) is 6.88. The molecular formula is C16H14N2O3S. The van der Waals surface area contributed by atoms with Gasteiger partial charge in [0.25, 0.3) is 10.0 Å². The Hall–Kier alpha value is -2.36. The van der Waals surface area contributed by atoms with Crippen molar-refractivity contribution in [1.29, 1.82) is 5.26 Å². The Balaban J connectivity index is 2.16. The summed E-state index contributed by atoms with van der Waals surface area (Å²) in [6, 6.07) is 14.9. The predicted octanol–water partition coefficient (Wildman–Crippen LogP) is 2.19. The van der Waals surface area contributed by atoms with Crippen LogP contribution >= 0.6 is 0 Å². The summed E-state index contributed by atoms with van der Waals surface area (Å²) >= 11 is 0. The molecular weight excluding hydrogens is 300 g/mol. The van der Waals surface area contributed by atoms with Crippen LogP contribution in [-0.4, -0.2) is 20.1 Å². The molecule has 1 unspecified atom stereocenters. The average Bonchev–Trinajstić information content (AvgIpc) is 2.55. The average molecular weight is 314 g/mol. The highest BCUT2D eigenvalue weighted by molar-refractivity contribution is 7.92. The molecule has 0 saturated heterocycles. The Morgan fingerprint density at radius 2 is 1.82 bits per heavy atom. The summed E-state index contributed by atoms with van der Waals surface area (Å²) in [6.07, 6.45) is -0.348. The van der Waals surface area contributed by atoms with Gasteiger partial charge < -0.3 is 5.11 Å². The predicted molar refractivity (Wildman–Crippen MR) is 81.7 cm³/mol. The molecule has 6 heteroatoms. The number of rotatable bonds is 2. The highest BCUT2D eigenvalue weighted by Gasteiger charge is 2.33. The third-order valence-electron chi connectivity index (χ3n) is 3.75. The third-order valence-corrected chi connectivity index (χ3v) is 5.62. The van der Waals surface area contributed by atoms with Crippen molar-refractivity contribution >= 4 is 15.7 Å². The molecule has 0 radical (unpaired) electrons. The van der Waals surface area contributed by atoms with E-state index in [1.54, 1.807) is 36.4 Å². The largest absolute Gasteiger partial charge is 0.388 e. The number of aliphatic hydroxyl groups is 1. The Labute approximate surface area is 129 Å². The van der Waals surface area contributed by atoms with E-state index in [0.29, 0.717) is 17.7 Å². The van der Waals surface area contributed by atoms with Crippen molar-refractivity contribution in [1.82, 2.24) is 0 Å². The summed E-state index contributed by atoms with van der Waals surface area (Å²) in [6.45, 7) is 0.181. The van der Waals surface area contributed by atoms with Gasteiger partial charge in [-0.2, -0.15) is 5.26 Å². The SMILES string of the molecule is N#Cc1ccccc1S(=O)(=O)N1CCC(O)c2ccccc21. The number of fused-ring (bicyclic) bond motifs is 1. The summed E-state index contributed by atoms with van der Waals surface area (Å²) in [4.78, 5) is -0.0105. The monoisotopic (exact) mass is 314 g/mol. The topological polar surface area (TPSA) is 81.4 Å². The summed E-state index contributed by atoms with van der Waals surface area (Å²) in [5, 5.41) is 19.2. The molecule has 2 aromatic rings. The van der Waals surface area contributed by atoms with E-state index in [2.05, 4.69) is 0 Å². The highest BCUT2D eigenvalue weighted by atomic mass is 32.2. The molecule has 2 aromatic carbocycles. The maximum Gasteiger partial charge on any atom is 0.265 e. The molecule has 1 aliphatic rings. The Morgan fingerprint density at radius 1 is 1.14 bits per heavy atom. The van der Waals surface area contributed by atoms with Crippen molar-refractivity contribution in [2.24, 2.45) is 0 Å². The van der Waals surface area contributed by atoms with E-state index in [-0.39, 0.29) is 17.0 Å². The van der Waals surface area contributed by atoms with Crippen LogP contribution in [0.3, 0.4) is 0 Å². The highest BCUT2D eigenvalue weighted by Crippen LogP contribution is 2.37. The number of hydrogen-bond donors (Lipinski definition) is 1. The van der Waals surface area contributed by atoms with Gasteiger partial charge in [-0.05, 0) is 24.6 Å². The molecule has 112 valence electrons. The van der Waals surface area contributed by atoms with Crippen molar-refractivity contribution < 1.29 is 13.5 Å². The van der Waals surface area contributed by atoms with Gasteiger partial charge in [-0.15, -0.1) is 0 Å². The van der Waals surface area contributed by atoms with Crippen LogP contribution in [0.2, 0.25) is 0 Å². The van der Waals surface area contributed by atoms with Crippen LogP contribution in [0.25, 0.3) is 0 Å². The van der Waals surface area contributed by atoms with Gasteiger partial charge in [-0.3, -0.25) is 4.31 Å². The fraction of sp³-hybridized carbons (Fsp3) is 0.188. The van der Waals surface area contributed by atoms with Crippen LogP contribution in [0, 0.1) is 11.3 Å². The number of hydrogen-bond acceptors (Lipinski definition) is 4. The lowest BCUT2D eigenvalue weighted by Gasteiger charge is -2.33. The molecule has 0 aromatic heterocycles. The fourth-order valence-corrected chi connectivity index (χ4v) is 4.31. The van der Waals surface area contributed by atoms with Crippen LogP contribution in [0.4, 0.5) is 5.69 Å². The van der Waals surface area contributed by atoms with Crippen LogP contribution in [0.5, 0.6) is 0 Å². The zero-order valence-corrected chi connectivity index (χ0v) is 12.5. The number of aliphatic hydroxyl groups excluding tert-OH is 1. The Kier molecular flexibility index (Phi) is 3.61. The molecule has 1 aliphatic heterocycles. The minimum absolute atomic E-state index is 0.0105. The third kappa shape index (κ3) is 2.25. The summed E-state index contributed by atoms with van der Waals surface area (Å²) < 4.78 is 27.1. The first-order valence-electron chi connectivity index (χ1n) is 6.84. The van der Waals surface area contributed by atoms with Crippen LogP contribution in [0.15, 0.2) is 53.4 Å². The molecule has 0 fully saturated rings. The van der Waals surface area contributed by atoms with E-state index in [4.69, 9.17) is 5.26 Å². The zero-order valence-electron chi connectivity index (χ0n) is 11.7. The van der Waals surface area contributed by atoms with Crippen LogP contribution in [-0.2, 0) is 10.0 Å². The van der Waals surface area contributed by atoms with Gasteiger partial charge in [0.05, 0.1) is 17.4 Å². The molecule has 0 saturated carbocycles. The molecule has 0 aliphatic carbocycles. The minimum Gasteiger partial charge on any atom is -0.388 e. The molecule has 1 N–H and O–H groups in total. The van der Waals surface area contributed by atoms with Crippen molar-refractivity contribution in [2.45, 2.75) is 17.4 Å². The number of nitrogens with zero attached hydrogens (tertiary/aromatic N) is 2. The van der Waals surface area contributed by atoms with Gasteiger partial charge in [0.1, 0.15) is 11.0 Å². The van der Waals surface area contributed by atoms with Gasteiger partial charge in [-0.1, -0.05) is 30.3 Å². The van der Waals surface area contributed by atoms with Crippen molar-refractivity contribution in [2.75, 3.05) is 10.8 Å². The van der Waals surface area contributed by atoms with Crippen molar-refractivity contribution in [3.05, 3.63) is 59.7 Å². The molecule has 5 nitrogen and oxygen atoms in total. The number of sulfonamides is 1. The van der Waals surface area contributed by atoms with E-state index in [9.17, 15) is 13.5 Å². The minimum atomic E-state index is -3.84. The lowest BCUT2D eigenvalue weighted by atomic mass is 10.0. The maximum absolute atomic E-state index is 12.9. The summed E-state index contributed by atoms with van der Waals surface area (Å²) in [7, 11) is -3.84. The van der Waals surface area contributed by atoms with E-state index < -0.39 is 16.1 Å². The summed E-state index contributed by atoms with van der Waals surface area (Å²) in [5.41, 5.74) is 1.17. The smallest absolute Gasteiger partial charge is 0.265 e. The quantitative estimate of drug-likeness (QED) is 0.921. The van der Waals surface area contributed by atoms with Gasteiger partial charge in [0.15, 0.2) is 0 Å². The zero-order chi connectivity index (χ0) is 15.7. The first-order valence-corrected chi connectivity index (χ1v) is 8.28. The lowest BCUT2D eigenvalue weighted by molar-refractivity contribution is 0.166. The Morgan fingerprint density at radius 3 is 2.59 bits per heavy atom. The number of para-hydroxylation sites is 1. The van der Waals surface area contributed by atoms with E-state index >= 15 is 0 Å². The molecule has 3 rings (SSSR count). The standard InChI is InChI=1S/C16H14N2O3S/c17-11-12-5-1-4-8-16(12)22(20,21)18-10-9-15(19)13-6-2-3-7-14(13)18/h1-8,15,19H,9-10H2. The molecule has 0 bridgehead atoms. The van der Waals surface area contributed by atoms with Crippen LogP contribution in [0.1, 0.15) is 23.7 Å². The Bertz CT molecular complexity index is 856. The first kappa shape index (κ1) is 14.6. The second-order valence-electron chi connectivity index (χ2n) is 5.05. The normalized spacial score (nSPS) is 17.6. The van der Waals surface area contributed by atoms with Gasteiger partial charge in [0, 0.05) is 12.1 Å². The summed E-state index contributed by atoms with van der Waals surface area (Å²) in [5.74, 6) is 0. The fourth-order valence-electron chi connectivity index (χ4n) is 2.66. The molecule has 0 amide bonds. The van der Waals surface area contributed by atoms with Gasteiger partial charge in [-0.25, -0.2) is 8.42 Å². The second kappa shape index (κ2) is 5.44. The van der Waals surface area contributed by atoms with Crippen molar-refractivity contribution in [3.63, 3.8) is 0 Å².